The van der Waals surface area contributed by atoms with Gasteiger partial charge in [0.15, 0.2) is 5.96 Å². The van der Waals surface area contributed by atoms with Gasteiger partial charge in [-0.15, -0.1) is 0 Å². The summed E-state index contributed by atoms with van der Waals surface area (Å²) in [5.41, 5.74) is 1.29. The molecular weight excluding hydrogens is 362 g/mol. The highest BCUT2D eigenvalue weighted by Gasteiger charge is 2.29. The molecule has 0 bridgehead atoms. The third kappa shape index (κ3) is 7.03. The second kappa shape index (κ2) is 11.2. The van der Waals surface area contributed by atoms with Crippen molar-refractivity contribution in [2.24, 2.45) is 16.8 Å². The standard InChI is InChI=1S/C23H37N5O/c1-19(17-27-11-6-7-12-27)15-25-23(24-2)26-16-21-14-22(29)28(18-21)13-10-20-8-4-3-5-9-20/h3-5,8-9,19,21H,6-7,10-18H2,1-2H3,(H2,24,25,26). The summed E-state index contributed by atoms with van der Waals surface area (Å²) in [5.74, 6) is 2.05. The summed E-state index contributed by atoms with van der Waals surface area (Å²) in [4.78, 5) is 21.3. The monoisotopic (exact) mass is 399 g/mol. The molecule has 1 aromatic carbocycles. The maximum absolute atomic E-state index is 12.3. The Morgan fingerprint density at radius 3 is 2.69 bits per heavy atom. The third-order valence-electron chi connectivity index (χ3n) is 5.98. The van der Waals surface area contributed by atoms with E-state index in [2.05, 4.69) is 51.7 Å². The van der Waals surface area contributed by atoms with Crippen LogP contribution in [0.15, 0.2) is 35.3 Å². The SMILES string of the molecule is CN=C(NCC(C)CN1CCCC1)NCC1CC(=O)N(CCc2ccccc2)C1. The summed E-state index contributed by atoms with van der Waals surface area (Å²) in [6, 6.07) is 10.4. The Labute approximate surface area is 175 Å². The van der Waals surface area contributed by atoms with Gasteiger partial charge in [0, 0.05) is 52.1 Å². The molecule has 0 saturated carbocycles. The van der Waals surface area contributed by atoms with Gasteiger partial charge >= 0.3 is 0 Å². The van der Waals surface area contributed by atoms with E-state index in [4.69, 9.17) is 0 Å². The van der Waals surface area contributed by atoms with Gasteiger partial charge in [0.05, 0.1) is 0 Å². The van der Waals surface area contributed by atoms with Crippen LogP contribution in [0.25, 0.3) is 0 Å². The van der Waals surface area contributed by atoms with Crippen molar-refractivity contribution >= 4 is 11.9 Å². The van der Waals surface area contributed by atoms with Gasteiger partial charge in [-0.05, 0) is 43.8 Å². The number of guanidine groups is 1. The van der Waals surface area contributed by atoms with Gasteiger partial charge in [0.2, 0.25) is 5.91 Å². The average molecular weight is 400 g/mol. The largest absolute Gasteiger partial charge is 0.356 e. The van der Waals surface area contributed by atoms with Gasteiger partial charge < -0.3 is 20.4 Å². The quantitative estimate of drug-likeness (QED) is 0.492. The Morgan fingerprint density at radius 1 is 1.21 bits per heavy atom. The Balaban J connectivity index is 1.34. The first-order chi connectivity index (χ1) is 14.1. The fourth-order valence-corrected chi connectivity index (χ4v) is 4.32. The fourth-order valence-electron chi connectivity index (χ4n) is 4.32. The number of carbonyl (C=O) groups excluding carboxylic acids is 1. The molecule has 3 rings (SSSR count). The number of nitrogens with one attached hydrogen (secondary N) is 2. The third-order valence-corrected chi connectivity index (χ3v) is 5.98. The molecule has 2 fully saturated rings. The molecule has 2 heterocycles. The Hall–Kier alpha value is -2.08. The van der Waals surface area contributed by atoms with Gasteiger partial charge in [0.25, 0.3) is 0 Å². The molecule has 2 aliphatic rings. The molecule has 0 spiro atoms. The van der Waals surface area contributed by atoms with Crippen LogP contribution in [-0.2, 0) is 11.2 Å². The summed E-state index contributed by atoms with van der Waals surface area (Å²) in [5, 5.41) is 6.87. The van der Waals surface area contributed by atoms with E-state index in [-0.39, 0.29) is 5.91 Å². The maximum Gasteiger partial charge on any atom is 0.223 e. The molecule has 2 atom stereocenters. The van der Waals surface area contributed by atoms with Crippen LogP contribution in [0.2, 0.25) is 0 Å². The van der Waals surface area contributed by atoms with Crippen LogP contribution in [0.5, 0.6) is 0 Å². The number of likely N-dealkylation sites (tertiary alicyclic amines) is 2. The highest BCUT2D eigenvalue weighted by atomic mass is 16.2. The average Bonchev–Trinajstić information content (AvgIpc) is 3.36. The summed E-state index contributed by atoms with van der Waals surface area (Å²) in [6.45, 7) is 9.27. The first-order valence-corrected chi connectivity index (χ1v) is 11.1. The van der Waals surface area contributed by atoms with Crippen molar-refractivity contribution in [3.63, 3.8) is 0 Å². The van der Waals surface area contributed by atoms with Crippen LogP contribution in [0.3, 0.4) is 0 Å². The number of carbonyl (C=O) groups is 1. The van der Waals surface area contributed by atoms with Gasteiger partial charge in [-0.2, -0.15) is 0 Å². The van der Waals surface area contributed by atoms with E-state index in [1.807, 2.05) is 18.0 Å². The Bertz CT molecular complexity index is 656. The number of nitrogens with zero attached hydrogens (tertiary/aromatic N) is 3. The zero-order chi connectivity index (χ0) is 20.5. The van der Waals surface area contributed by atoms with Crippen molar-refractivity contribution in [3.8, 4) is 0 Å². The zero-order valence-corrected chi connectivity index (χ0v) is 18.1. The maximum atomic E-state index is 12.3. The van der Waals surface area contributed by atoms with Crippen LogP contribution in [-0.4, -0.2) is 74.5 Å². The first-order valence-electron chi connectivity index (χ1n) is 11.1. The number of hydrogen-bond acceptors (Lipinski definition) is 3. The van der Waals surface area contributed by atoms with Gasteiger partial charge in [-0.3, -0.25) is 9.79 Å². The minimum Gasteiger partial charge on any atom is -0.356 e. The minimum absolute atomic E-state index is 0.273. The van der Waals surface area contributed by atoms with Crippen molar-refractivity contribution in [3.05, 3.63) is 35.9 Å². The summed E-state index contributed by atoms with van der Waals surface area (Å²) in [7, 11) is 1.81. The van der Waals surface area contributed by atoms with E-state index in [1.165, 1.54) is 31.5 Å². The van der Waals surface area contributed by atoms with Crippen LogP contribution in [0.1, 0.15) is 31.7 Å². The van der Waals surface area contributed by atoms with Gasteiger partial charge in [-0.1, -0.05) is 37.3 Å². The van der Waals surface area contributed by atoms with E-state index in [0.717, 1.165) is 45.1 Å². The minimum atomic E-state index is 0.273. The van der Waals surface area contributed by atoms with Gasteiger partial charge in [0.1, 0.15) is 0 Å². The van der Waals surface area contributed by atoms with E-state index in [0.29, 0.717) is 18.3 Å². The second-order valence-electron chi connectivity index (χ2n) is 8.59. The molecule has 2 aliphatic heterocycles. The lowest BCUT2D eigenvalue weighted by Gasteiger charge is -2.22. The smallest absolute Gasteiger partial charge is 0.223 e. The molecule has 29 heavy (non-hydrogen) atoms. The summed E-state index contributed by atoms with van der Waals surface area (Å²) in [6.07, 6.45) is 4.23. The molecule has 6 heteroatoms. The molecular formula is C23H37N5O. The Kier molecular flexibility index (Phi) is 8.35. The summed E-state index contributed by atoms with van der Waals surface area (Å²) >= 11 is 0. The highest BCUT2D eigenvalue weighted by molar-refractivity contribution is 5.80. The highest BCUT2D eigenvalue weighted by Crippen LogP contribution is 2.17. The first kappa shape index (κ1) is 21.6. The topological polar surface area (TPSA) is 60.0 Å². The lowest BCUT2D eigenvalue weighted by molar-refractivity contribution is -0.127. The predicted molar refractivity (Wildman–Crippen MR) is 119 cm³/mol. The van der Waals surface area contributed by atoms with E-state index in [9.17, 15) is 4.79 Å². The van der Waals surface area contributed by atoms with Crippen molar-refractivity contribution < 1.29 is 4.79 Å². The van der Waals surface area contributed by atoms with Crippen LogP contribution < -0.4 is 10.6 Å². The van der Waals surface area contributed by atoms with E-state index in [1.54, 1.807) is 0 Å². The van der Waals surface area contributed by atoms with Gasteiger partial charge in [-0.25, -0.2) is 0 Å². The molecule has 0 radical (unpaired) electrons. The second-order valence-corrected chi connectivity index (χ2v) is 8.59. The zero-order valence-electron chi connectivity index (χ0n) is 18.1. The fraction of sp³-hybridized carbons (Fsp3) is 0.652. The van der Waals surface area contributed by atoms with Crippen LogP contribution in [0.4, 0.5) is 0 Å². The molecule has 1 aromatic rings. The molecule has 1 amide bonds. The van der Waals surface area contributed by atoms with E-state index >= 15 is 0 Å². The normalized spacial score (nSPS) is 21.6. The predicted octanol–water partition coefficient (Wildman–Crippen LogP) is 1.97. The molecule has 6 nitrogen and oxygen atoms in total. The number of benzene rings is 1. The molecule has 2 N–H and O–H groups in total. The van der Waals surface area contributed by atoms with Crippen molar-refractivity contribution in [2.45, 2.75) is 32.6 Å². The number of rotatable bonds is 9. The van der Waals surface area contributed by atoms with Crippen LogP contribution >= 0.6 is 0 Å². The van der Waals surface area contributed by atoms with Crippen molar-refractivity contribution in [2.75, 3.05) is 52.9 Å². The molecule has 2 unspecified atom stereocenters. The summed E-state index contributed by atoms with van der Waals surface area (Å²) < 4.78 is 0. The molecule has 160 valence electrons. The molecule has 2 saturated heterocycles. The van der Waals surface area contributed by atoms with Crippen molar-refractivity contribution in [1.29, 1.82) is 0 Å². The molecule has 0 aliphatic carbocycles. The van der Waals surface area contributed by atoms with Crippen molar-refractivity contribution in [1.82, 2.24) is 20.4 Å². The lowest BCUT2D eigenvalue weighted by Crippen LogP contribution is -2.43. The number of hydrogen-bond donors (Lipinski definition) is 2. The van der Waals surface area contributed by atoms with E-state index < -0.39 is 0 Å². The number of amides is 1. The Morgan fingerprint density at radius 2 is 1.97 bits per heavy atom. The lowest BCUT2D eigenvalue weighted by atomic mass is 10.1. The molecule has 0 aromatic heterocycles. The number of aliphatic imine (C=N–C) groups is 1. The van der Waals surface area contributed by atoms with Crippen LogP contribution in [0, 0.1) is 11.8 Å².